The van der Waals surface area contributed by atoms with Crippen LogP contribution in [-0.4, -0.2) is 32.0 Å². The molecule has 0 bridgehead atoms. The van der Waals surface area contributed by atoms with Crippen molar-refractivity contribution in [2.45, 2.75) is 46.8 Å². The van der Waals surface area contributed by atoms with Gasteiger partial charge in [-0.1, -0.05) is 0 Å². The Morgan fingerprint density at radius 3 is 1.38 bits per heavy atom. The maximum absolute atomic E-state index is 5.81. The summed E-state index contributed by atoms with van der Waals surface area (Å²) in [5.74, 6) is 0. The van der Waals surface area contributed by atoms with Gasteiger partial charge in [-0.15, -0.1) is 0 Å². The van der Waals surface area contributed by atoms with E-state index in [1.54, 1.807) is 0 Å². The molecule has 1 aliphatic heterocycles. The molecule has 0 aromatic rings. The molecule has 2 unspecified atom stereocenters. The molecule has 1 heterocycles. The van der Waals surface area contributed by atoms with Crippen LogP contribution in [0.4, 0.5) is 0 Å². The van der Waals surface area contributed by atoms with Gasteiger partial charge in [0.2, 0.25) is 0 Å². The normalized spacial score (nSPS) is 34.4. The summed E-state index contributed by atoms with van der Waals surface area (Å²) in [5.41, 5.74) is 0. The monoisotopic (exact) mass is 254 g/mol. The second-order valence-corrected chi connectivity index (χ2v) is 6.31. The first-order chi connectivity index (χ1) is 7.51. The molecule has 0 aliphatic carbocycles. The number of rotatable bonds is 6. The Balaban J connectivity index is 2.98. The van der Waals surface area contributed by atoms with E-state index in [9.17, 15) is 0 Å². The van der Waals surface area contributed by atoms with Crippen molar-refractivity contribution in [3.05, 3.63) is 0 Å². The van der Waals surface area contributed by atoms with Gasteiger partial charge in [0, 0.05) is 0 Å². The molecule has 16 heavy (non-hydrogen) atoms. The third kappa shape index (κ3) is 2.55. The quantitative estimate of drug-likeness (QED) is 0.682. The van der Waals surface area contributed by atoms with Crippen molar-refractivity contribution in [2.24, 2.45) is 0 Å². The van der Waals surface area contributed by atoms with Gasteiger partial charge in [0.15, 0.2) is 0 Å². The van der Waals surface area contributed by atoms with Gasteiger partial charge in [0.05, 0.1) is 0 Å². The molecule has 0 amide bonds. The van der Waals surface area contributed by atoms with Gasteiger partial charge in [-0.05, 0) is 0 Å². The number of hydrogen-bond acceptors (Lipinski definition) is 5. The zero-order valence-corrected chi connectivity index (χ0v) is 11.7. The fourth-order valence-corrected chi connectivity index (χ4v) is 5.00. The molecule has 0 aromatic heterocycles. The predicted octanol–water partition coefficient (Wildman–Crippen LogP) is 3.05. The molecule has 0 aromatic carbocycles. The fraction of sp³-hybridized carbons (Fsp3) is 1.00. The van der Waals surface area contributed by atoms with E-state index in [1.165, 1.54) is 0 Å². The molecular weight excluding hydrogens is 231 g/mol. The van der Waals surface area contributed by atoms with Gasteiger partial charge in [-0.25, -0.2) is 0 Å². The second kappa shape index (κ2) is 5.25. The Bertz CT molecular complexity index is 201. The van der Waals surface area contributed by atoms with Crippen LogP contribution >= 0.6 is 7.74 Å². The molecule has 1 saturated heterocycles. The van der Waals surface area contributed by atoms with E-state index in [2.05, 4.69) is 0 Å². The van der Waals surface area contributed by atoms with Crippen molar-refractivity contribution in [1.82, 2.24) is 0 Å². The van der Waals surface area contributed by atoms with E-state index in [-0.39, 0.29) is 12.2 Å². The molecule has 1 rings (SSSR count). The first-order valence-corrected chi connectivity index (χ1v) is 7.69. The summed E-state index contributed by atoms with van der Waals surface area (Å²) in [7, 11) is -3.79. The Labute approximate surface area is 97.7 Å². The van der Waals surface area contributed by atoms with Crippen molar-refractivity contribution in [2.75, 3.05) is 19.8 Å². The van der Waals surface area contributed by atoms with Crippen LogP contribution in [0.1, 0.15) is 34.6 Å². The van der Waals surface area contributed by atoms with Crippen molar-refractivity contribution in [3.8, 4) is 0 Å². The summed E-state index contributed by atoms with van der Waals surface area (Å²) < 4.78 is 28.5. The fourth-order valence-electron chi connectivity index (χ4n) is 1.67. The molecule has 1 aliphatic rings. The summed E-state index contributed by atoms with van der Waals surface area (Å²) >= 11 is 0. The summed E-state index contributed by atoms with van der Waals surface area (Å²) in [6.45, 7) is 10.7. The summed E-state index contributed by atoms with van der Waals surface area (Å²) in [6, 6.07) is 0. The summed E-state index contributed by atoms with van der Waals surface area (Å²) in [4.78, 5) is 0. The van der Waals surface area contributed by atoms with Crippen LogP contribution in [0.2, 0.25) is 0 Å². The molecule has 5 nitrogen and oxygen atoms in total. The predicted molar refractivity (Wildman–Crippen MR) is 62.9 cm³/mol. The van der Waals surface area contributed by atoms with Gasteiger partial charge >= 0.3 is 97.0 Å². The third-order valence-corrected chi connectivity index (χ3v) is 5.75. The van der Waals surface area contributed by atoms with Crippen LogP contribution in [0.3, 0.4) is 0 Å². The van der Waals surface area contributed by atoms with Gasteiger partial charge in [-0.2, -0.15) is 0 Å². The molecule has 1 fully saturated rings. The van der Waals surface area contributed by atoms with Crippen LogP contribution in [0.25, 0.3) is 0 Å². The minimum absolute atomic E-state index is 0.0951. The third-order valence-electron chi connectivity index (χ3n) is 2.36. The van der Waals surface area contributed by atoms with Crippen molar-refractivity contribution in [3.63, 3.8) is 0 Å². The van der Waals surface area contributed by atoms with Crippen molar-refractivity contribution >= 4 is 7.74 Å². The molecule has 2 atom stereocenters. The van der Waals surface area contributed by atoms with Crippen LogP contribution < -0.4 is 0 Å². The van der Waals surface area contributed by atoms with Crippen LogP contribution in [0.5, 0.6) is 0 Å². The Hall–Kier alpha value is 0.230. The zero-order chi connectivity index (χ0) is 12.3. The molecule has 0 saturated carbocycles. The SMILES string of the molecule is CCOP1(OCC)(OCC)OC(C)C(C)O1. The van der Waals surface area contributed by atoms with E-state index in [0.29, 0.717) is 19.8 Å². The topological polar surface area (TPSA) is 46.2 Å². The molecular formula is C10H23O5P. The van der Waals surface area contributed by atoms with Crippen LogP contribution in [-0.2, 0) is 22.6 Å². The van der Waals surface area contributed by atoms with Gasteiger partial charge in [-0.3, -0.25) is 0 Å². The van der Waals surface area contributed by atoms with Crippen LogP contribution in [0.15, 0.2) is 0 Å². The molecule has 0 spiro atoms. The van der Waals surface area contributed by atoms with E-state index < -0.39 is 7.74 Å². The van der Waals surface area contributed by atoms with E-state index in [1.807, 2.05) is 34.6 Å². The first-order valence-electron chi connectivity index (χ1n) is 5.86. The van der Waals surface area contributed by atoms with E-state index >= 15 is 0 Å². The molecule has 0 N–H and O–H groups in total. The van der Waals surface area contributed by atoms with Crippen molar-refractivity contribution < 1.29 is 22.6 Å². The molecule has 98 valence electrons. The zero-order valence-electron chi connectivity index (χ0n) is 10.8. The average molecular weight is 254 g/mol. The Morgan fingerprint density at radius 2 is 1.12 bits per heavy atom. The summed E-state index contributed by atoms with van der Waals surface area (Å²) in [6.07, 6.45) is -0.190. The van der Waals surface area contributed by atoms with Gasteiger partial charge in [0.1, 0.15) is 0 Å². The first kappa shape index (κ1) is 14.3. The van der Waals surface area contributed by atoms with Crippen molar-refractivity contribution in [1.29, 1.82) is 0 Å². The Kier molecular flexibility index (Phi) is 4.69. The Morgan fingerprint density at radius 1 is 0.812 bits per heavy atom. The summed E-state index contributed by atoms with van der Waals surface area (Å²) in [5, 5.41) is 0. The minimum atomic E-state index is -3.79. The van der Waals surface area contributed by atoms with Gasteiger partial charge < -0.3 is 0 Å². The average Bonchev–Trinajstić information content (AvgIpc) is 2.41. The standard InChI is InChI=1S/C10H23O5P/c1-6-11-16(12-7-2,13-8-3)14-9(4)10(5)15-16/h9-10H,6-8H2,1-5H3. The molecule has 6 heteroatoms. The molecule has 0 radical (unpaired) electrons. The maximum atomic E-state index is 5.81. The van der Waals surface area contributed by atoms with E-state index in [0.717, 1.165) is 0 Å². The van der Waals surface area contributed by atoms with Gasteiger partial charge in [0.25, 0.3) is 0 Å². The van der Waals surface area contributed by atoms with Crippen LogP contribution in [0, 0.1) is 0 Å². The van der Waals surface area contributed by atoms with E-state index in [4.69, 9.17) is 22.6 Å². The second-order valence-electron chi connectivity index (χ2n) is 3.62. The number of hydrogen-bond donors (Lipinski definition) is 0.